The fraction of sp³-hybridized carbons (Fsp3) is 0.500. The van der Waals surface area contributed by atoms with Crippen molar-refractivity contribution in [2.75, 3.05) is 11.1 Å². The van der Waals surface area contributed by atoms with E-state index in [9.17, 15) is 0 Å². The first-order valence-electron chi connectivity index (χ1n) is 6.65. The molecule has 0 amide bonds. The molecular weight excluding hydrogens is 344 g/mol. The largest absolute Gasteiger partial charge is 0.334 e. The summed E-state index contributed by atoms with van der Waals surface area (Å²) in [5.74, 6) is 1.97. The molecule has 3 rings (SSSR count). The van der Waals surface area contributed by atoms with Crippen molar-refractivity contribution in [2.24, 2.45) is 10.9 Å². The van der Waals surface area contributed by atoms with Gasteiger partial charge in [0.2, 0.25) is 0 Å². The number of thioether (sulfide) groups is 1. The van der Waals surface area contributed by atoms with Crippen LogP contribution in [0.3, 0.4) is 0 Å². The van der Waals surface area contributed by atoms with E-state index < -0.39 is 0 Å². The molecule has 0 spiro atoms. The fourth-order valence-electron chi connectivity index (χ4n) is 2.70. The molecule has 1 aromatic carbocycles. The molecular formula is C14H16BrClN2S. The van der Waals surface area contributed by atoms with Gasteiger partial charge in [-0.2, -0.15) is 0 Å². The number of fused-ring (bicyclic) bond motifs is 1. The quantitative estimate of drug-likeness (QED) is 0.747. The average Bonchev–Trinajstić information content (AvgIpc) is 2.42. The molecule has 2 aliphatic rings. The van der Waals surface area contributed by atoms with Crippen LogP contribution in [0, 0.1) is 5.92 Å². The second kappa shape index (κ2) is 6.06. The molecule has 1 heterocycles. The van der Waals surface area contributed by atoms with Gasteiger partial charge in [-0.15, -0.1) is 0 Å². The van der Waals surface area contributed by atoms with E-state index in [1.807, 2.05) is 30.0 Å². The van der Waals surface area contributed by atoms with Crippen molar-refractivity contribution in [3.63, 3.8) is 0 Å². The van der Waals surface area contributed by atoms with E-state index in [1.54, 1.807) is 0 Å². The van der Waals surface area contributed by atoms with Gasteiger partial charge in [0.15, 0.2) is 5.17 Å². The van der Waals surface area contributed by atoms with Gasteiger partial charge in [0.05, 0.1) is 16.8 Å². The van der Waals surface area contributed by atoms with Crippen LogP contribution in [0.5, 0.6) is 0 Å². The molecule has 19 heavy (non-hydrogen) atoms. The highest BCUT2D eigenvalue weighted by Crippen LogP contribution is 2.35. The number of nitrogens with zero attached hydrogens (tertiary/aromatic N) is 1. The number of amidine groups is 1. The molecule has 2 unspecified atom stereocenters. The molecule has 1 aliphatic carbocycles. The molecule has 1 N–H and O–H groups in total. The number of anilines is 1. The Bertz CT molecular complexity index is 506. The smallest absolute Gasteiger partial charge is 0.161 e. The SMILES string of the molecule is Clc1cc(Br)ccc1NC1=NC2CCCCC2CS1. The van der Waals surface area contributed by atoms with Gasteiger partial charge in [0.1, 0.15) is 0 Å². The second-order valence-electron chi connectivity index (χ2n) is 5.11. The van der Waals surface area contributed by atoms with Crippen molar-refractivity contribution < 1.29 is 0 Å². The zero-order chi connectivity index (χ0) is 13.2. The minimum atomic E-state index is 0.520. The number of hydrogen-bond acceptors (Lipinski definition) is 3. The summed E-state index contributed by atoms with van der Waals surface area (Å²) in [4.78, 5) is 4.86. The molecule has 5 heteroatoms. The fourth-order valence-corrected chi connectivity index (χ4v) is 4.57. The summed E-state index contributed by atoms with van der Waals surface area (Å²) in [5.41, 5.74) is 0.936. The number of halogens is 2. The maximum absolute atomic E-state index is 6.23. The van der Waals surface area contributed by atoms with Gasteiger partial charge in [0, 0.05) is 10.2 Å². The molecule has 0 saturated heterocycles. The zero-order valence-electron chi connectivity index (χ0n) is 10.5. The van der Waals surface area contributed by atoms with Gasteiger partial charge >= 0.3 is 0 Å². The Hall–Kier alpha value is -0.190. The predicted molar refractivity (Wildman–Crippen MR) is 88.4 cm³/mol. The molecule has 2 atom stereocenters. The number of rotatable bonds is 1. The van der Waals surface area contributed by atoms with Crippen molar-refractivity contribution in [3.8, 4) is 0 Å². The van der Waals surface area contributed by atoms with Crippen LogP contribution in [-0.2, 0) is 0 Å². The normalized spacial score (nSPS) is 26.5. The van der Waals surface area contributed by atoms with Crippen LogP contribution in [0.2, 0.25) is 5.02 Å². The minimum Gasteiger partial charge on any atom is -0.334 e. The molecule has 102 valence electrons. The van der Waals surface area contributed by atoms with E-state index in [0.717, 1.165) is 26.3 Å². The zero-order valence-corrected chi connectivity index (χ0v) is 13.7. The Morgan fingerprint density at radius 3 is 3.00 bits per heavy atom. The summed E-state index contributed by atoms with van der Waals surface area (Å²) in [6.45, 7) is 0. The molecule has 1 fully saturated rings. The topological polar surface area (TPSA) is 24.4 Å². The Morgan fingerprint density at radius 2 is 2.16 bits per heavy atom. The van der Waals surface area contributed by atoms with Crippen molar-refractivity contribution in [3.05, 3.63) is 27.7 Å². The maximum atomic E-state index is 6.23. The second-order valence-corrected chi connectivity index (χ2v) is 7.44. The summed E-state index contributed by atoms with van der Waals surface area (Å²) < 4.78 is 0.994. The van der Waals surface area contributed by atoms with Crippen LogP contribution in [-0.4, -0.2) is 17.0 Å². The molecule has 2 nitrogen and oxygen atoms in total. The number of benzene rings is 1. The maximum Gasteiger partial charge on any atom is 0.161 e. The standard InChI is InChI=1S/C14H16BrClN2S/c15-10-5-6-13(11(16)7-10)18-14-17-12-4-2-1-3-9(12)8-19-14/h5-7,9,12H,1-4,8H2,(H,17,18). The van der Waals surface area contributed by atoms with Crippen molar-refractivity contribution in [2.45, 2.75) is 31.7 Å². The lowest BCUT2D eigenvalue weighted by atomic mass is 9.86. The summed E-state index contributed by atoms with van der Waals surface area (Å²) in [7, 11) is 0. The molecule has 1 saturated carbocycles. The minimum absolute atomic E-state index is 0.520. The van der Waals surface area contributed by atoms with Crippen LogP contribution < -0.4 is 5.32 Å². The van der Waals surface area contributed by atoms with E-state index >= 15 is 0 Å². The number of nitrogens with one attached hydrogen (secondary N) is 1. The van der Waals surface area contributed by atoms with E-state index in [4.69, 9.17) is 16.6 Å². The lowest BCUT2D eigenvalue weighted by molar-refractivity contribution is 0.336. The Labute approximate surface area is 131 Å². The van der Waals surface area contributed by atoms with Crippen molar-refractivity contribution in [1.29, 1.82) is 0 Å². The molecule has 1 aromatic rings. The van der Waals surface area contributed by atoms with Crippen molar-refractivity contribution >= 4 is 50.1 Å². The van der Waals surface area contributed by atoms with E-state index in [2.05, 4.69) is 21.2 Å². The van der Waals surface area contributed by atoms with Gasteiger partial charge in [-0.3, -0.25) is 4.99 Å². The highest BCUT2D eigenvalue weighted by Gasteiger charge is 2.29. The molecule has 0 aromatic heterocycles. The van der Waals surface area contributed by atoms with E-state index in [0.29, 0.717) is 6.04 Å². The third-order valence-electron chi connectivity index (χ3n) is 3.76. The molecule has 0 radical (unpaired) electrons. The summed E-state index contributed by atoms with van der Waals surface area (Å²) in [6, 6.07) is 6.40. The highest BCUT2D eigenvalue weighted by atomic mass is 79.9. The average molecular weight is 360 g/mol. The van der Waals surface area contributed by atoms with Crippen LogP contribution in [0.15, 0.2) is 27.7 Å². The lowest BCUT2D eigenvalue weighted by Gasteiger charge is -2.32. The third-order valence-corrected chi connectivity index (χ3v) is 5.64. The van der Waals surface area contributed by atoms with E-state index in [-0.39, 0.29) is 0 Å². The third kappa shape index (κ3) is 3.29. The van der Waals surface area contributed by atoms with Crippen LogP contribution in [0.25, 0.3) is 0 Å². The lowest BCUT2D eigenvalue weighted by Crippen LogP contribution is -2.31. The van der Waals surface area contributed by atoms with Crippen LogP contribution >= 0.6 is 39.3 Å². The number of aliphatic imine (C=N–C) groups is 1. The van der Waals surface area contributed by atoms with Crippen LogP contribution in [0.4, 0.5) is 5.69 Å². The molecule has 0 bridgehead atoms. The summed E-state index contributed by atoms with van der Waals surface area (Å²) in [6.07, 6.45) is 5.28. The Balaban J connectivity index is 1.74. The van der Waals surface area contributed by atoms with Gasteiger partial charge in [-0.1, -0.05) is 52.1 Å². The van der Waals surface area contributed by atoms with Crippen molar-refractivity contribution in [1.82, 2.24) is 0 Å². The van der Waals surface area contributed by atoms with Gasteiger partial charge < -0.3 is 5.32 Å². The van der Waals surface area contributed by atoms with Crippen LogP contribution in [0.1, 0.15) is 25.7 Å². The van der Waals surface area contributed by atoms with Gasteiger partial charge in [-0.05, 0) is 37.0 Å². The first-order chi connectivity index (χ1) is 9.22. The van der Waals surface area contributed by atoms with E-state index in [1.165, 1.54) is 31.4 Å². The molecule has 1 aliphatic heterocycles. The highest BCUT2D eigenvalue weighted by molar-refractivity contribution is 9.10. The number of hydrogen-bond donors (Lipinski definition) is 1. The monoisotopic (exact) mass is 358 g/mol. The Kier molecular flexibility index (Phi) is 4.40. The first-order valence-corrected chi connectivity index (χ1v) is 8.81. The predicted octanol–water partition coefficient (Wildman–Crippen LogP) is 5.18. The summed E-state index contributed by atoms with van der Waals surface area (Å²) in [5, 5.41) is 5.12. The van der Waals surface area contributed by atoms with Gasteiger partial charge in [-0.25, -0.2) is 0 Å². The Morgan fingerprint density at radius 1 is 1.32 bits per heavy atom. The first kappa shape index (κ1) is 13.8. The summed E-state index contributed by atoms with van der Waals surface area (Å²) >= 11 is 11.5. The van der Waals surface area contributed by atoms with Gasteiger partial charge in [0.25, 0.3) is 0 Å².